The van der Waals surface area contributed by atoms with Gasteiger partial charge in [0.2, 0.25) is 0 Å². The number of hydrogen-bond acceptors (Lipinski definition) is 2. The summed E-state index contributed by atoms with van der Waals surface area (Å²) in [7, 11) is 1.82. The average Bonchev–Trinajstić information content (AvgIpc) is 2.85. The van der Waals surface area contributed by atoms with Gasteiger partial charge in [-0.2, -0.15) is 0 Å². The fourth-order valence-corrected chi connectivity index (χ4v) is 2.02. The van der Waals surface area contributed by atoms with Crippen LogP contribution in [0.25, 0.3) is 0 Å². The molecule has 1 aromatic heterocycles. The van der Waals surface area contributed by atoms with E-state index >= 15 is 0 Å². The second-order valence-electron chi connectivity index (χ2n) is 4.55. The molecule has 1 atom stereocenters. The molecular weight excluding hydrogens is 240 g/mol. The van der Waals surface area contributed by atoms with Gasteiger partial charge in [0.25, 0.3) is 5.91 Å². The average molecular weight is 258 g/mol. The number of carbonyl (C=O) groups excluding carboxylic acids is 1. The van der Waals surface area contributed by atoms with E-state index in [2.05, 4.69) is 5.32 Å². The van der Waals surface area contributed by atoms with Gasteiger partial charge in [0.05, 0.1) is 12.6 Å². The highest BCUT2D eigenvalue weighted by Crippen LogP contribution is 2.05. The van der Waals surface area contributed by atoms with E-state index in [-0.39, 0.29) is 18.6 Å². The Balaban J connectivity index is 2.00. The van der Waals surface area contributed by atoms with E-state index in [0.717, 1.165) is 5.56 Å². The Morgan fingerprint density at radius 2 is 2.00 bits per heavy atom. The molecule has 0 saturated carbocycles. The van der Waals surface area contributed by atoms with Crippen LogP contribution in [0.5, 0.6) is 0 Å². The summed E-state index contributed by atoms with van der Waals surface area (Å²) in [4.78, 5) is 12.0. The summed E-state index contributed by atoms with van der Waals surface area (Å²) in [5.74, 6) is -0.164. The number of amides is 1. The number of aromatic nitrogens is 1. The third-order valence-electron chi connectivity index (χ3n) is 3.06. The van der Waals surface area contributed by atoms with E-state index in [4.69, 9.17) is 0 Å². The number of nitrogens with one attached hydrogen (secondary N) is 1. The van der Waals surface area contributed by atoms with Crippen LogP contribution in [0.1, 0.15) is 16.1 Å². The highest BCUT2D eigenvalue weighted by molar-refractivity contribution is 5.92. The quantitative estimate of drug-likeness (QED) is 0.850. The largest absolute Gasteiger partial charge is 0.394 e. The number of aryl methyl sites for hydroxylation is 1. The van der Waals surface area contributed by atoms with E-state index < -0.39 is 0 Å². The Bertz CT molecular complexity index is 534. The SMILES string of the molecule is Cn1cccc1C(=O)NC(CO)Cc1ccccc1. The summed E-state index contributed by atoms with van der Waals surface area (Å²) in [6, 6.07) is 13.1. The Kier molecular flexibility index (Phi) is 4.36. The highest BCUT2D eigenvalue weighted by atomic mass is 16.3. The van der Waals surface area contributed by atoms with Crippen molar-refractivity contribution in [2.75, 3.05) is 6.61 Å². The van der Waals surface area contributed by atoms with Crippen molar-refractivity contribution >= 4 is 5.91 Å². The maximum atomic E-state index is 12.0. The van der Waals surface area contributed by atoms with Crippen LogP contribution in [0.3, 0.4) is 0 Å². The molecule has 0 aliphatic carbocycles. The van der Waals surface area contributed by atoms with Gasteiger partial charge in [-0.3, -0.25) is 4.79 Å². The van der Waals surface area contributed by atoms with Crippen LogP contribution in [0.15, 0.2) is 48.7 Å². The monoisotopic (exact) mass is 258 g/mol. The van der Waals surface area contributed by atoms with Gasteiger partial charge in [-0.05, 0) is 24.1 Å². The lowest BCUT2D eigenvalue weighted by atomic mass is 10.1. The molecule has 2 N–H and O–H groups in total. The molecule has 19 heavy (non-hydrogen) atoms. The van der Waals surface area contributed by atoms with Gasteiger partial charge < -0.3 is 15.0 Å². The molecular formula is C15H18N2O2. The minimum Gasteiger partial charge on any atom is -0.394 e. The van der Waals surface area contributed by atoms with Crippen molar-refractivity contribution in [2.45, 2.75) is 12.5 Å². The van der Waals surface area contributed by atoms with Gasteiger partial charge in [0.1, 0.15) is 5.69 Å². The zero-order chi connectivity index (χ0) is 13.7. The number of aliphatic hydroxyl groups excluding tert-OH is 1. The fraction of sp³-hybridized carbons (Fsp3) is 0.267. The van der Waals surface area contributed by atoms with Crippen molar-refractivity contribution in [1.29, 1.82) is 0 Å². The van der Waals surface area contributed by atoms with Crippen molar-refractivity contribution in [3.8, 4) is 0 Å². The maximum absolute atomic E-state index is 12.0. The standard InChI is InChI=1S/C15H18N2O2/c1-17-9-5-8-14(17)15(19)16-13(11-18)10-12-6-3-2-4-7-12/h2-9,13,18H,10-11H2,1H3,(H,16,19). The fourth-order valence-electron chi connectivity index (χ4n) is 2.02. The second-order valence-corrected chi connectivity index (χ2v) is 4.55. The Morgan fingerprint density at radius 3 is 2.58 bits per heavy atom. The summed E-state index contributed by atoms with van der Waals surface area (Å²) in [6.07, 6.45) is 2.44. The van der Waals surface area contributed by atoms with Gasteiger partial charge in [-0.1, -0.05) is 30.3 Å². The van der Waals surface area contributed by atoms with E-state index in [1.54, 1.807) is 10.6 Å². The lowest BCUT2D eigenvalue weighted by molar-refractivity contribution is 0.0908. The second kappa shape index (κ2) is 6.20. The van der Waals surface area contributed by atoms with Crippen LogP contribution in [-0.2, 0) is 13.5 Å². The number of benzene rings is 1. The van der Waals surface area contributed by atoms with Crippen molar-refractivity contribution in [1.82, 2.24) is 9.88 Å². The third kappa shape index (κ3) is 3.45. The predicted octanol–water partition coefficient (Wildman–Crippen LogP) is 1.36. The molecule has 100 valence electrons. The minimum absolute atomic E-state index is 0.0783. The van der Waals surface area contributed by atoms with Crippen LogP contribution in [-0.4, -0.2) is 28.2 Å². The summed E-state index contributed by atoms with van der Waals surface area (Å²) < 4.78 is 1.76. The summed E-state index contributed by atoms with van der Waals surface area (Å²) in [5.41, 5.74) is 1.68. The van der Waals surface area contributed by atoms with Gasteiger partial charge in [-0.15, -0.1) is 0 Å². The molecule has 0 aliphatic heterocycles. The van der Waals surface area contributed by atoms with Gasteiger partial charge in [-0.25, -0.2) is 0 Å². The molecule has 4 nitrogen and oxygen atoms in total. The first kappa shape index (κ1) is 13.4. The first-order chi connectivity index (χ1) is 9.20. The Labute approximate surface area is 112 Å². The number of aliphatic hydroxyl groups is 1. The van der Waals surface area contributed by atoms with Crippen LogP contribution >= 0.6 is 0 Å². The molecule has 4 heteroatoms. The smallest absolute Gasteiger partial charge is 0.268 e. The number of hydrogen-bond donors (Lipinski definition) is 2. The molecule has 0 radical (unpaired) electrons. The molecule has 0 aliphatic rings. The minimum atomic E-state index is -0.273. The molecule has 0 fully saturated rings. The van der Waals surface area contributed by atoms with Gasteiger partial charge >= 0.3 is 0 Å². The van der Waals surface area contributed by atoms with E-state index in [0.29, 0.717) is 12.1 Å². The zero-order valence-electron chi connectivity index (χ0n) is 10.9. The van der Waals surface area contributed by atoms with Crippen LogP contribution in [0.4, 0.5) is 0 Å². The first-order valence-corrected chi connectivity index (χ1v) is 6.27. The van der Waals surface area contributed by atoms with Gasteiger partial charge in [0, 0.05) is 13.2 Å². The summed E-state index contributed by atoms with van der Waals surface area (Å²) >= 11 is 0. The van der Waals surface area contributed by atoms with Gasteiger partial charge in [0.15, 0.2) is 0 Å². The molecule has 0 spiro atoms. The van der Waals surface area contributed by atoms with E-state index in [1.807, 2.05) is 49.6 Å². The Hall–Kier alpha value is -2.07. The van der Waals surface area contributed by atoms with Crippen molar-refractivity contribution in [2.24, 2.45) is 7.05 Å². The number of rotatable bonds is 5. The first-order valence-electron chi connectivity index (χ1n) is 6.27. The topological polar surface area (TPSA) is 54.3 Å². The lowest BCUT2D eigenvalue weighted by Gasteiger charge is -2.16. The van der Waals surface area contributed by atoms with Crippen molar-refractivity contribution in [3.05, 3.63) is 59.9 Å². The van der Waals surface area contributed by atoms with E-state index in [1.165, 1.54) is 0 Å². The van der Waals surface area contributed by atoms with E-state index in [9.17, 15) is 9.90 Å². The molecule has 2 rings (SSSR count). The summed E-state index contributed by atoms with van der Waals surface area (Å²) in [5, 5.41) is 12.2. The zero-order valence-corrected chi connectivity index (χ0v) is 10.9. The summed E-state index contributed by atoms with van der Waals surface area (Å²) in [6.45, 7) is -0.0783. The van der Waals surface area contributed by atoms with Crippen LogP contribution < -0.4 is 5.32 Å². The predicted molar refractivity (Wildman–Crippen MR) is 73.9 cm³/mol. The third-order valence-corrected chi connectivity index (χ3v) is 3.06. The Morgan fingerprint density at radius 1 is 1.26 bits per heavy atom. The molecule has 0 bridgehead atoms. The van der Waals surface area contributed by atoms with Crippen LogP contribution in [0, 0.1) is 0 Å². The lowest BCUT2D eigenvalue weighted by Crippen LogP contribution is -2.39. The molecule has 1 heterocycles. The molecule has 1 aromatic carbocycles. The highest BCUT2D eigenvalue weighted by Gasteiger charge is 2.15. The molecule has 1 amide bonds. The van der Waals surface area contributed by atoms with Crippen LogP contribution in [0.2, 0.25) is 0 Å². The molecule has 1 unspecified atom stereocenters. The number of nitrogens with zero attached hydrogens (tertiary/aromatic N) is 1. The van der Waals surface area contributed by atoms with Crippen molar-refractivity contribution < 1.29 is 9.90 Å². The number of carbonyl (C=O) groups is 1. The molecule has 2 aromatic rings. The van der Waals surface area contributed by atoms with Crippen molar-refractivity contribution in [3.63, 3.8) is 0 Å². The maximum Gasteiger partial charge on any atom is 0.268 e. The normalized spacial score (nSPS) is 12.1. The molecule has 0 saturated heterocycles.